The molecule has 0 aliphatic carbocycles. The SMILES string of the molecule is CCS(=O)(=O)C1CSCCN1c1nccc(C#N)c1N. The fourth-order valence-electron chi connectivity index (χ4n) is 2.10. The normalized spacial score (nSPS) is 19.6. The molecule has 0 aromatic carbocycles. The third kappa shape index (κ3) is 2.69. The Hall–Kier alpha value is -1.46. The topological polar surface area (TPSA) is 100 Å². The van der Waals surface area contributed by atoms with E-state index < -0.39 is 15.2 Å². The molecule has 1 aliphatic heterocycles. The highest BCUT2D eigenvalue weighted by Gasteiger charge is 2.34. The minimum absolute atomic E-state index is 0.0760. The molecule has 0 amide bonds. The fraction of sp³-hybridized carbons (Fsp3) is 0.500. The molecule has 6 nitrogen and oxygen atoms in total. The molecule has 1 atom stereocenters. The van der Waals surface area contributed by atoms with E-state index in [1.165, 1.54) is 12.3 Å². The number of hydrogen-bond donors (Lipinski definition) is 1. The summed E-state index contributed by atoms with van der Waals surface area (Å²) in [6.45, 7) is 2.19. The molecule has 2 N–H and O–H groups in total. The maximum absolute atomic E-state index is 12.2. The molecule has 2 heterocycles. The summed E-state index contributed by atoms with van der Waals surface area (Å²) in [5.74, 6) is 1.78. The van der Waals surface area contributed by atoms with E-state index in [1.807, 2.05) is 6.07 Å². The number of nitrogen functional groups attached to an aromatic ring is 1. The zero-order valence-electron chi connectivity index (χ0n) is 11.1. The summed E-state index contributed by atoms with van der Waals surface area (Å²) in [4.78, 5) is 5.90. The molecule has 1 aliphatic rings. The number of nitriles is 1. The van der Waals surface area contributed by atoms with Crippen molar-refractivity contribution in [3.05, 3.63) is 17.8 Å². The van der Waals surface area contributed by atoms with Crippen LogP contribution < -0.4 is 10.6 Å². The maximum atomic E-state index is 12.2. The minimum Gasteiger partial charge on any atom is -0.395 e. The molecule has 1 unspecified atom stereocenters. The van der Waals surface area contributed by atoms with Crippen LogP contribution in [0.5, 0.6) is 0 Å². The monoisotopic (exact) mass is 312 g/mol. The van der Waals surface area contributed by atoms with Crippen molar-refractivity contribution >= 4 is 33.1 Å². The van der Waals surface area contributed by atoms with Crippen LogP contribution in [0.4, 0.5) is 11.5 Å². The molecule has 0 spiro atoms. The summed E-state index contributed by atoms with van der Waals surface area (Å²) in [7, 11) is -3.23. The third-order valence-electron chi connectivity index (χ3n) is 3.26. The summed E-state index contributed by atoms with van der Waals surface area (Å²) >= 11 is 1.61. The van der Waals surface area contributed by atoms with Crippen LogP contribution in [0.3, 0.4) is 0 Å². The van der Waals surface area contributed by atoms with Gasteiger partial charge in [-0.25, -0.2) is 13.4 Å². The van der Waals surface area contributed by atoms with Gasteiger partial charge in [0.05, 0.1) is 11.3 Å². The molecule has 8 heteroatoms. The van der Waals surface area contributed by atoms with E-state index in [0.29, 0.717) is 23.7 Å². The van der Waals surface area contributed by atoms with Gasteiger partial charge in [-0.1, -0.05) is 6.92 Å². The number of thioether (sulfide) groups is 1. The van der Waals surface area contributed by atoms with E-state index in [0.717, 1.165) is 5.75 Å². The summed E-state index contributed by atoms with van der Waals surface area (Å²) < 4.78 is 24.4. The van der Waals surface area contributed by atoms with Gasteiger partial charge in [-0.05, 0) is 6.07 Å². The first kappa shape index (κ1) is 14.9. The molecule has 2 rings (SSSR count). The lowest BCUT2D eigenvalue weighted by Crippen LogP contribution is -2.48. The Morgan fingerprint density at radius 2 is 2.40 bits per heavy atom. The smallest absolute Gasteiger partial charge is 0.171 e. The molecule has 1 saturated heterocycles. The maximum Gasteiger partial charge on any atom is 0.171 e. The van der Waals surface area contributed by atoms with Crippen molar-refractivity contribution in [1.29, 1.82) is 5.26 Å². The number of sulfone groups is 1. The first-order valence-electron chi connectivity index (χ1n) is 6.21. The van der Waals surface area contributed by atoms with E-state index >= 15 is 0 Å². The number of aromatic nitrogens is 1. The Bertz CT molecular complexity index is 639. The Labute approximate surface area is 122 Å². The Morgan fingerprint density at radius 3 is 3.05 bits per heavy atom. The van der Waals surface area contributed by atoms with Crippen molar-refractivity contribution in [3.8, 4) is 6.07 Å². The molecule has 1 aromatic rings. The van der Waals surface area contributed by atoms with Crippen molar-refractivity contribution in [3.63, 3.8) is 0 Å². The molecular weight excluding hydrogens is 296 g/mol. The number of pyridine rings is 1. The van der Waals surface area contributed by atoms with Crippen LogP contribution in [0.15, 0.2) is 12.3 Å². The number of nitrogens with two attached hydrogens (primary N) is 1. The van der Waals surface area contributed by atoms with Crippen LogP contribution >= 0.6 is 11.8 Å². The number of rotatable bonds is 3. The summed E-state index contributed by atoms with van der Waals surface area (Å²) in [5.41, 5.74) is 6.51. The van der Waals surface area contributed by atoms with Gasteiger partial charge in [0.2, 0.25) is 0 Å². The molecule has 1 fully saturated rings. The first-order valence-corrected chi connectivity index (χ1v) is 9.08. The van der Waals surface area contributed by atoms with Gasteiger partial charge < -0.3 is 10.6 Å². The zero-order valence-corrected chi connectivity index (χ0v) is 12.7. The fourth-order valence-corrected chi connectivity index (χ4v) is 5.07. The second-order valence-corrected chi connectivity index (χ2v) is 7.98. The van der Waals surface area contributed by atoms with Gasteiger partial charge in [0.25, 0.3) is 0 Å². The Morgan fingerprint density at radius 1 is 1.65 bits per heavy atom. The molecule has 20 heavy (non-hydrogen) atoms. The molecule has 0 radical (unpaired) electrons. The van der Waals surface area contributed by atoms with E-state index in [-0.39, 0.29) is 11.4 Å². The van der Waals surface area contributed by atoms with Crippen LogP contribution in [0.25, 0.3) is 0 Å². The number of nitrogens with zero attached hydrogens (tertiary/aromatic N) is 3. The summed E-state index contributed by atoms with van der Waals surface area (Å²) in [6.07, 6.45) is 1.49. The van der Waals surface area contributed by atoms with Gasteiger partial charge >= 0.3 is 0 Å². The van der Waals surface area contributed by atoms with E-state index in [9.17, 15) is 8.42 Å². The standard InChI is InChI=1S/C12H16N4O2S2/c1-2-20(17,18)10-8-19-6-5-16(10)12-11(14)9(7-13)3-4-15-12/h3-4,10H,2,5-6,8,14H2,1H3. The highest BCUT2D eigenvalue weighted by molar-refractivity contribution is 8.01. The highest BCUT2D eigenvalue weighted by Crippen LogP contribution is 2.31. The quantitative estimate of drug-likeness (QED) is 0.883. The van der Waals surface area contributed by atoms with Crippen LogP contribution in [0, 0.1) is 11.3 Å². The lowest BCUT2D eigenvalue weighted by Gasteiger charge is -2.36. The van der Waals surface area contributed by atoms with E-state index in [2.05, 4.69) is 4.98 Å². The summed E-state index contributed by atoms with van der Waals surface area (Å²) in [6, 6.07) is 3.52. The predicted molar refractivity (Wildman–Crippen MR) is 81.3 cm³/mol. The molecule has 108 valence electrons. The minimum atomic E-state index is -3.23. The lowest BCUT2D eigenvalue weighted by molar-refractivity contribution is 0.579. The Kier molecular flexibility index (Phi) is 4.40. The molecule has 0 bridgehead atoms. The van der Waals surface area contributed by atoms with Crippen LogP contribution in [-0.2, 0) is 9.84 Å². The van der Waals surface area contributed by atoms with E-state index in [4.69, 9.17) is 11.0 Å². The third-order valence-corrected chi connectivity index (χ3v) is 6.55. The number of hydrogen-bond acceptors (Lipinski definition) is 7. The summed E-state index contributed by atoms with van der Waals surface area (Å²) in [5, 5.41) is 8.38. The van der Waals surface area contributed by atoms with Gasteiger partial charge in [-0.2, -0.15) is 17.0 Å². The van der Waals surface area contributed by atoms with Gasteiger partial charge in [-0.15, -0.1) is 0 Å². The van der Waals surface area contributed by atoms with Gasteiger partial charge in [0.1, 0.15) is 11.4 Å². The zero-order chi connectivity index (χ0) is 14.8. The first-order chi connectivity index (χ1) is 9.51. The van der Waals surface area contributed by atoms with Crippen molar-refractivity contribution < 1.29 is 8.42 Å². The Balaban J connectivity index is 2.47. The lowest BCUT2D eigenvalue weighted by atomic mass is 10.2. The average Bonchev–Trinajstić information content (AvgIpc) is 2.47. The molecule has 1 aromatic heterocycles. The van der Waals surface area contributed by atoms with Crippen molar-refractivity contribution in [1.82, 2.24) is 4.98 Å². The average molecular weight is 312 g/mol. The predicted octanol–water partition coefficient (Wildman–Crippen LogP) is 0.849. The van der Waals surface area contributed by atoms with Gasteiger partial charge in [-0.3, -0.25) is 0 Å². The van der Waals surface area contributed by atoms with Crippen molar-refractivity contribution in [2.75, 3.05) is 34.4 Å². The van der Waals surface area contributed by atoms with Gasteiger partial charge in [0, 0.05) is 30.0 Å². The number of anilines is 2. The van der Waals surface area contributed by atoms with Crippen LogP contribution in [-0.4, -0.2) is 42.6 Å². The largest absolute Gasteiger partial charge is 0.395 e. The van der Waals surface area contributed by atoms with Gasteiger partial charge in [0.15, 0.2) is 15.7 Å². The van der Waals surface area contributed by atoms with Crippen molar-refractivity contribution in [2.24, 2.45) is 0 Å². The second kappa shape index (κ2) is 5.89. The van der Waals surface area contributed by atoms with Crippen molar-refractivity contribution in [2.45, 2.75) is 12.3 Å². The molecule has 0 saturated carbocycles. The second-order valence-electron chi connectivity index (χ2n) is 4.38. The highest BCUT2D eigenvalue weighted by atomic mass is 32.2. The molecular formula is C12H16N4O2S2. The van der Waals surface area contributed by atoms with Crippen LogP contribution in [0.2, 0.25) is 0 Å². The van der Waals surface area contributed by atoms with E-state index in [1.54, 1.807) is 23.6 Å². The van der Waals surface area contributed by atoms with Crippen LogP contribution in [0.1, 0.15) is 12.5 Å².